The lowest BCUT2D eigenvalue weighted by atomic mass is 10.1. The van der Waals surface area contributed by atoms with Gasteiger partial charge in [-0.15, -0.1) is 0 Å². The van der Waals surface area contributed by atoms with E-state index >= 15 is 0 Å². The highest BCUT2D eigenvalue weighted by Gasteiger charge is 2.29. The van der Waals surface area contributed by atoms with E-state index in [1.165, 1.54) is 32.4 Å². The van der Waals surface area contributed by atoms with Crippen molar-refractivity contribution in [3.05, 3.63) is 53.1 Å². The van der Waals surface area contributed by atoms with Crippen LogP contribution in [0.15, 0.2) is 51.9 Å². The number of halogens is 1. The highest BCUT2D eigenvalue weighted by atomic mass is 35.5. The number of rotatable bonds is 8. The zero-order valence-electron chi connectivity index (χ0n) is 16.8. The molecule has 1 aromatic heterocycles. The number of sulfonamides is 1. The number of hydrogen-bond acceptors (Lipinski definition) is 8. The van der Waals surface area contributed by atoms with Crippen molar-refractivity contribution in [3.63, 3.8) is 0 Å². The van der Waals surface area contributed by atoms with Crippen LogP contribution in [0.5, 0.6) is 11.5 Å². The molecule has 2 aromatic carbocycles. The van der Waals surface area contributed by atoms with E-state index in [2.05, 4.69) is 9.88 Å². The molecule has 0 fully saturated rings. The summed E-state index contributed by atoms with van der Waals surface area (Å²) >= 11 is 5.91. The van der Waals surface area contributed by atoms with Crippen LogP contribution in [-0.2, 0) is 14.8 Å². The van der Waals surface area contributed by atoms with Crippen LogP contribution < -0.4 is 14.2 Å². The SMILES string of the molecule is CCOC(=O)c1c(-c2ccc(Cl)cc2)noc1NS(=O)(=O)c1ccc(OC)c(OC)c1. The molecule has 31 heavy (non-hydrogen) atoms. The lowest BCUT2D eigenvalue weighted by molar-refractivity contribution is 0.0528. The fourth-order valence-corrected chi connectivity index (χ4v) is 3.86. The summed E-state index contributed by atoms with van der Waals surface area (Å²) in [4.78, 5) is 12.4. The number of nitrogens with zero attached hydrogens (tertiary/aromatic N) is 1. The molecule has 0 saturated carbocycles. The first-order valence-corrected chi connectivity index (χ1v) is 10.8. The van der Waals surface area contributed by atoms with Gasteiger partial charge in [0.2, 0.25) is 0 Å². The monoisotopic (exact) mass is 466 g/mol. The van der Waals surface area contributed by atoms with Crippen molar-refractivity contribution in [2.24, 2.45) is 0 Å². The molecular weight excluding hydrogens is 448 g/mol. The molecule has 164 valence electrons. The number of carbonyl (C=O) groups is 1. The minimum absolute atomic E-state index is 0.0753. The Kier molecular flexibility index (Phi) is 6.71. The van der Waals surface area contributed by atoms with Gasteiger partial charge in [-0.25, -0.2) is 17.9 Å². The lowest BCUT2D eigenvalue weighted by Crippen LogP contribution is -2.16. The summed E-state index contributed by atoms with van der Waals surface area (Å²) in [6.07, 6.45) is 0. The third-order valence-electron chi connectivity index (χ3n) is 4.18. The fraction of sp³-hybridized carbons (Fsp3) is 0.200. The summed E-state index contributed by atoms with van der Waals surface area (Å²) in [7, 11) is -1.35. The number of anilines is 1. The molecule has 0 bridgehead atoms. The second-order valence-electron chi connectivity index (χ2n) is 6.08. The standard InChI is InChI=1S/C20H19ClN2O7S/c1-4-29-20(24)17-18(12-5-7-13(21)8-6-12)22-30-19(17)23-31(25,26)14-9-10-15(27-2)16(11-14)28-3/h5-11,23H,4H2,1-3H3. The molecule has 1 heterocycles. The average Bonchev–Trinajstić information content (AvgIpc) is 3.16. The predicted molar refractivity (Wildman–Crippen MR) is 113 cm³/mol. The van der Waals surface area contributed by atoms with Crippen molar-refractivity contribution in [1.82, 2.24) is 5.16 Å². The van der Waals surface area contributed by atoms with Crippen LogP contribution in [0.1, 0.15) is 17.3 Å². The van der Waals surface area contributed by atoms with E-state index in [0.717, 1.165) is 0 Å². The Morgan fingerprint density at radius 3 is 2.39 bits per heavy atom. The highest BCUT2D eigenvalue weighted by Crippen LogP contribution is 2.33. The largest absolute Gasteiger partial charge is 0.493 e. The first-order chi connectivity index (χ1) is 14.8. The van der Waals surface area contributed by atoms with Gasteiger partial charge >= 0.3 is 5.97 Å². The molecule has 1 N–H and O–H groups in total. The van der Waals surface area contributed by atoms with Crippen LogP contribution in [0, 0.1) is 0 Å². The molecule has 3 aromatic rings. The van der Waals surface area contributed by atoms with Crippen LogP contribution in [0.3, 0.4) is 0 Å². The first-order valence-electron chi connectivity index (χ1n) is 8.98. The van der Waals surface area contributed by atoms with Crippen molar-refractivity contribution in [2.75, 3.05) is 25.5 Å². The van der Waals surface area contributed by atoms with Crippen molar-refractivity contribution in [2.45, 2.75) is 11.8 Å². The van der Waals surface area contributed by atoms with Crippen LogP contribution in [0.2, 0.25) is 5.02 Å². The van der Waals surface area contributed by atoms with E-state index < -0.39 is 16.0 Å². The van der Waals surface area contributed by atoms with Crippen LogP contribution in [-0.4, -0.2) is 40.4 Å². The molecule has 0 radical (unpaired) electrons. The van der Waals surface area contributed by atoms with E-state index in [0.29, 0.717) is 16.3 Å². The molecule has 0 unspecified atom stereocenters. The number of benzene rings is 2. The number of ether oxygens (including phenoxy) is 3. The minimum atomic E-state index is -4.17. The van der Waals surface area contributed by atoms with E-state index in [9.17, 15) is 13.2 Å². The molecule has 0 aliphatic rings. The third kappa shape index (κ3) is 4.75. The summed E-state index contributed by atoms with van der Waals surface area (Å²) in [5.41, 5.74) is 0.445. The molecule has 0 atom stereocenters. The Labute approximate surface area is 183 Å². The van der Waals surface area contributed by atoms with Gasteiger partial charge in [-0.2, -0.15) is 0 Å². The lowest BCUT2D eigenvalue weighted by Gasteiger charge is -2.11. The smallest absolute Gasteiger partial charge is 0.346 e. The summed E-state index contributed by atoms with van der Waals surface area (Å²) in [5, 5.41) is 4.35. The quantitative estimate of drug-likeness (QED) is 0.495. The zero-order chi connectivity index (χ0) is 22.6. The molecule has 0 spiro atoms. The second kappa shape index (κ2) is 9.27. The number of methoxy groups -OCH3 is 2. The molecule has 0 saturated heterocycles. The number of hydrogen-bond donors (Lipinski definition) is 1. The van der Waals surface area contributed by atoms with Gasteiger partial charge in [-0.3, -0.25) is 0 Å². The number of nitrogens with one attached hydrogen (secondary N) is 1. The van der Waals surface area contributed by atoms with E-state index in [4.69, 9.17) is 30.3 Å². The fourth-order valence-electron chi connectivity index (χ4n) is 2.72. The van der Waals surface area contributed by atoms with Crippen molar-refractivity contribution in [3.8, 4) is 22.8 Å². The van der Waals surface area contributed by atoms with Gasteiger partial charge in [0.25, 0.3) is 15.9 Å². The Bertz CT molecular complexity index is 1190. The summed E-state index contributed by atoms with van der Waals surface area (Å²) < 4.78 is 48.6. The zero-order valence-corrected chi connectivity index (χ0v) is 18.4. The van der Waals surface area contributed by atoms with Gasteiger partial charge < -0.3 is 18.7 Å². The van der Waals surface area contributed by atoms with Crippen molar-refractivity contribution >= 4 is 33.5 Å². The Hall–Kier alpha value is -3.24. The predicted octanol–water partition coefficient (Wildman–Crippen LogP) is 3.99. The summed E-state index contributed by atoms with van der Waals surface area (Å²) in [6, 6.07) is 10.5. The Morgan fingerprint density at radius 1 is 1.10 bits per heavy atom. The van der Waals surface area contributed by atoms with Gasteiger partial charge in [-0.05, 0) is 31.2 Å². The molecule has 0 aliphatic carbocycles. The molecule has 0 aliphatic heterocycles. The van der Waals surface area contributed by atoms with Crippen molar-refractivity contribution in [1.29, 1.82) is 0 Å². The Balaban J connectivity index is 2.04. The first kappa shape index (κ1) is 22.4. The van der Waals surface area contributed by atoms with Gasteiger partial charge in [0.15, 0.2) is 17.1 Å². The maximum atomic E-state index is 12.9. The summed E-state index contributed by atoms with van der Waals surface area (Å²) in [5.74, 6) is -0.592. The van der Waals surface area contributed by atoms with Gasteiger partial charge in [0, 0.05) is 16.7 Å². The van der Waals surface area contributed by atoms with Crippen LogP contribution in [0.25, 0.3) is 11.3 Å². The second-order valence-corrected chi connectivity index (χ2v) is 8.20. The Morgan fingerprint density at radius 2 is 1.77 bits per heavy atom. The van der Waals surface area contributed by atoms with Gasteiger partial charge in [0.05, 0.1) is 25.7 Å². The number of aromatic nitrogens is 1. The molecule has 0 amide bonds. The molecular formula is C20H19ClN2O7S. The van der Waals surface area contributed by atoms with Crippen LogP contribution >= 0.6 is 11.6 Å². The van der Waals surface area contributed by atoms with Crippen molar-refractivity contribution < 1.29 is 31.9 Å². The van der Waals surface area contributed by atoms with E-state index in [-0.39, 0.29) is 34.4 Å². The van der Waals surface area contributed by atoms with Gasteiger partial charge in [0.1, 0.15) is 5.69 Å². The molecule has 9 nitrogen and oxygen atoms in total. The van der Waals surface area contributed by atoms with Crippen LogP contribution in [0.4, 0.5) is 5.88 Å². The topological polar surface area (TPSA) is 117 Å². The maximum Gasteiger partial charge on any atom is 0.346 e. The van der Waals surface area contributed by atoms with Gasteiger partial charge in [-0.1, -0.05) is 28.9 Å². The average molecular weight is 467 g/mol. The van der Waals surface area contributed by atoms with E-state index in [1.807, 2.05) is 0 Å². The number of carbonyl (C=O) groups excluding carboxylic acids is 1. The number of esters is 1. The van der Waals surface area contributed by atoms with E-state index in [1.54, 1.807) is 31.2 Å². The minimum Gasteiger partial charge on any atom is -0.493 e. The molecule has 11 heteroatoms. The maximum absolute atomic E-state index is 12.9. The summed E-state index contributed by atoms with van der Waals surface area (Å²) in [6.45, 7) is 1.70. The molecule has 3 rings (SSSR count). The normalized spacial score (nSPS) is 11.1. The highest BCUT2D eigenvalue weighted by molar-refractivity contribution is 7.92. The third-order valence-corrected chi connectivity index (χ3v) is 5.76.